The summed E-state index contributed by atoms with van der Waals surface area (Å²) in [6, 6.07) is 6.53. The minimum Gasteiger partial charge on any atom is -0.357 e. The highest BCUT2D eigenvalue weighted by molar-refractivity contribution is 5.87. The van der Waals surface area contributed by atoms with Gasteiger partial charge in [-0.2, -0.15) is 0 Å². The molecule has 1 aromatic carbocycles. The summed E-state index contributed by atoms with van der Waals surface area (Å²) in [5.41, 5.74) is 5.38. The number of hydrogen-bond acceptors (Lipinski definition) is 1. The van der Waals surface area contributed by atoms with Crippen LogP contribution < -0.4 is 5.32 Å². The van der Waals surface area contributed by atoms with Crippen LogP contribution in [0.5, 0.6) is 0 Å². The summed E-state index contributed by atoms with van der Waals surface area (Å²) in [4.78, 5) is 3.52. The quantitative estimate of drug-likeness (QED) is 0.787. The summed E-state index contributed by atoms with van der Waals surface area (Å²) in [6.45, 7) is 5.29. The summed E-state index contributed by atoms with van der Waals surface area (Å²) >= 11 is 0. The second-order valence-electron chi connectivity index (χ2n) is 3.95. The van der Waals surface area contributed by atoms with Crippen molar-refractivity contribution in [2.45, 2.75) is 26.8 Å². The normalized spacial score (nSPS) is 11.1. The Bertz CT molecular complexity index is 469. The Kier molecular flexibility index (Phi) is 2.78. The summed E-state index contributed by atoms with van der Waals surface area (Å²) in [5, 5.41) is 4.55. The Morgan fingerprint density at radius 1 is 1.33 bits per heavy atom. The van der Waals surface area contributed by atoms with Crippen LogP contribution in [0.1, 0.15) is 23.7 Å². The molecule has 0 saturated heterocycles. The number of benzene rings is 1. The third-order valence-corrected chi connectivity index (χ3v) is 3.02. The Labute approximate surface area is 90.7 Å². The Hall–Kier alpha value is -1.28. The summed E-state index contributed by atoms with van der Waals surface area (Å²) in [7, 11) is 1.98. The zero-order valence-electron chi connectivity index (χ0n) is 9.65. The van der Waals surface area contributed by atoms with Gasteiger partial charge in [0.15, 0.2) is 0 Å². The van der Waals surface area contributed by atoms with Crippen LogP contribution in [0.2, 0.25) is 0 Å². The van der Waals surface area contributed by atoms with Crippen LogP contribution in [0.3, 0.4) is 0 Å². The van der Waals surface area contributed by atoms with E-state index < -0.39 is 0 Å². The van der Waals surface area contributed by atoms with Crippen LogP contribution in [-0.4, -0.2) is 12.0 Å². The number of rotatable bonds is 3. The molecule has 0 aliphatic rings. The first kappa shape index (κ1) is 10.2. The summed E-state index contributed by atoms with van der Waals surface area (Å²) in [6.07, 6.45) is 1.08. The largest absolute Gasteiger partial charge is 0.357 e. The van der Waals surface area contributed by atoms with Gasteiger partial charge in [-0.25, -0.2) is 0 Å². The van der Waals surface area contributed by atoms with Gasteiger partial charge in [-0.05, 0) is 31.5 Å². The Morgan fingerprint density at radius 3 is 2.80 bits per heavy atom. The van der Waals surface area contributed by atoms with Crippen LogP contribution in [-0.2, 0) is 13.0 Å². The molecule has 1 aromatic heterocycles. The van der Waals surface area contributed by atoms with Gasteiger partial charge >= 0.3 is 0 Å². The lowest BCUT2D eigenvalue weighted by molar-refractivity contribution is 0.794. The first-order chi connectivity index (χ1) is 7.27. The van der Waals surface area contributed by atoms with E-state index >= 15 is 0 Å². The second-order valence-corrected chi connectivity index (χ2v) is 3.95. The molecule has 0 unspecified atom stereocenters. The maximum atomic E-state index is 3.52. The molecule has 2 heteroatoms. The molecule has 2 N–H and O–H groups in total. The molecular weight excluding hydrogens is 184 g/mol. The minimum absolute atomic E-state index is 0.906. The molecule has 0 bridgehead atoms. The molecule has 0 aliphatic heterocycles. The number of aryl methyl sites for hydroxylation is 2. The molecule has 0 atom stereocenters. The minimum atomic E-state index is 0.906. The maximum absolute atomic E-state index is 3.52. The van der Waals surface area contributed by atoms with E-state index in [1.54, 1.807) is 0 Å². The van der Waals surface area contributed by atoms with Crippen molar-refractivity contribution >= 4 is 10.9 Å². The molecule has 0 amide bonds. The number of para-hydroxylation sites is 1. The van der Waals surface area contributed by atoms with Crippen molar-refractivity contribution in [2.24, 2.45) is 0 Å². The third kappa shape index (κ3) is 1.65. The molecule has 2 nitrogen and oxygen atoms in total. The van der Waals surface area contributed by atoms with E-state index in [1.807, 2.05) is 7.05 Å². The van der Waals surface area contributed by atoms with Gasteiger partial charge < -0.3 is 10.3 Å². The van der Waals surface area contributed by atoms with Gasteiger partial charge in [0.2, 0.25) is 0 Å². The predicted molar refractivity (Wildman–Crippen MR) is 65.2 cm³/mol. The van der Waals surface area contributed by atoms with Crippen molar-refractivity contribution in [3.63, 3.8) is 0 Å². The number of nitrogens with one attached hydrogen (secondary N) is 2. The summed E-state index contributed by atoms with van der Waals surface area (Å²) < 4.78 is 0. The van der Waals surface area contributed by atoms with Gasteiger partial charge in [-0.15, -0.1) is 0 Å². The summed E-state index contributed by atoms with van der Waals surface area (Å²) in [5.74, 6) is 0. The second kappa shape index (κ2) is 4.07. The fourth-order valence-electron chi connectivity index (χ4n) is 2.12. The average Bonchev–Trinajstić information content (AvgIpc) is 2.57. The highest BCUT2D eigenvalue weighted by Gasteiger charge is 2.08. The van der Waals surface area contributed by atoms with Gasteiger partial charge in [0.25, 0.3) is 0 Å². The zero-order chi connectivity index (χ0) is 10.8. The van der Waals surface area contributed by atoms with E-state index in [1.165, 1.54) is 27.7 Å². The molecule has 2 rings (SSSR count). The molecular formula is C13H18N2. The average molecular weight is 202 g/mol. The van der Waals surface area contributed by atoms with Crippen molar-refractivity contribution in [3.05, 3.63) is 35.0 Å². The van der Waals surface area contributed by atoms with Crippen LogP contribution in [0.25, 0.3) is 10.9 Å². The lowest BCUT2D eigenvalue weighted by Crippen LogP contribution is -2.06. The van der Waals surface area contributed by atoms with Crippen molar-refractivity contribution in [1.82, 2.24) is 10.3 Å². The molecule has 0 spiro atoms. The first-order valence-electron chi connectivity index (χ1n) is 5.51. The van der Waals surface area contributed by atoms with Gasteiger partial charge in [-0.1, -0.05) is 25.1 Å². The number of aromatic amines is 1. The molecule has 0 aliphatic carbocycles. The molecule has 0 radical (unpaired) electrons. The van der Waals surface area contributed by atoms with E-state index in [-0.39, 0.29) is 0 Å². The van der Waals surface area contributed by atoms with Gasteiger partial charge in [-0.3, -0.25) is 0 Å². The van der Waals surface area contributed by atoms with Crippen LogP contribution in [0.15, 0.2) is 18.2 Å². The van der Waals surface area contributed by atoms with Crippen molar-refractivity contribution in [1.29, 1.82) is 0 Å². The predicted octanol–water partition coefficient (Wildman–Crippen LogP) is 2.76. The van der Waals surface area contributed by atoms with E-state index in [9.17, 15) is 0 Å². The molecule has 0 saturated carbocycles. The fourth-order valence-corrected chi connectivity index (χ4v) is 2.12. The number of H-pyrrole nitrogens is 1. The molecule has 2 aromatic rings. The van der Waals surface area contributed by atoms with Crippen LogP contribution in [0, 0.1) is 6.92 Å². The molecule has 1 heterocycles. The lowest BCUT2D eigenvalue weighted by atomic mass is 10.1. The van der Waals surface area contributed by atoms with Crippen molar-refractivity contribution < 1.29 is 0 Å². The molecule has 80 valence electrons. The SMILES string of the molecule is CCc1cccc2c(C)c(CNC)[nH]c12. The number of hydrogen-bond donors (Lipinski definition) is 2. The highest BCUT2D eigenvalue weighted by atomic mass is 14.9. The van der Waals surface area contributed by atoms with Gasteiger partial charge in [0.1, 0.15) is 0 Å². The Morgan fingerprint density at radius 2 is 2.13 bits per heavy atom. The van der Waals surface area contributed by atoms with Crippen molar-refractivity contribution in [3.8, 4) is 0 Å². The molecule has 15 heavy (non-hydrogen) atoms. The van der Waals surface area contributed by atoms with Crippen molar-refractivity contribution in [2.75, 3.05) is 7.05 Å². The third-order valence-electron chi connectivity index (χ3n) is 3.02. The monoisotopic (exact) mass is 202 g/mol. The number of aromatic nitrogens is 1. The topological polar surface area (TPSA) is 27.8 Å². The first-order valence-corrected chi connectivity index (χ1v) is 5.51. The van der Waals surface area contributed by atoms with E-state index in [4.69, 9.17) is 0 Å². The van der Waals surface area contributed by atoms with Crippen LogP contribution >= 0.6 is 0 Å². The maximum Gasteiger partial charge on any atom is 0.0491 e. The van der Waals surface area contributed by atoms with E-state index in [0.29, 0.717) is 0 Å². The van der Waals surface area contributed by atoms with Gasteiger partial charge in [0, 0.05) is 23.1 Å². The smallest absolute Gasteiger partial charge is 0.0491 e. The zero-order valence-corrected chi connectivity index (χ0v) is 9.65. The van der Waals surface area contributed by atoms with Crippen LogP contribution in [0.4, 0.5) is 0 Å². The Balaban J connectivity index is 2.64. The molecule has 0 fully saturated rings. The number of fused-ring (bicyclic) bond motifs is 1. The lowest BCUT2D eigenvalue weighted by Gasteiger charge is -1.98. The highest BCUT2D eigenvalue weighted by Crippen LogP contribution is 2.24. The van der Waals surface area contributed by atoms with E-state index in [0.717, 1.165) is 13.0 Å². The van der Waals surface area contributed by atoms with E-state index in [2.05, 4.69) is 42.3 Å². The van der Waals surface area contributed by atoms with Gasteiger partial charge in [0.05, 0.1) is 0 Å². The fraction of sp³-hybridized carbons (Fsp3) is 0.385. The standard InChI is InChI=1S/C13H18N2/c1-4-10-6-5-7-11-9(2)12(8-14-3)15-13(10)11/h5-7,14-15H,4,8H2,1-3H3.